The maximum absolute atomic E-state index is 13.4. The van der Waals surface area contributed by atoms with Crippen molar-refractivity contribution >= 4 is 11.9 Å². The average Bonchev–Trinajstić information content (AvgIpc) is 2.81. The fourth-order valence-electron chi connectivity index (χ4n) is 2.67. The molecule has 21 heavy (non-hydrogen) atoms. The number of halogens is 2. The SMILES string of the molecule is Nc1nc2n(n1)C(C(=O)O)CCC2c1ccc(F)c(F)c1. The first-order valence-electron chi connectivity index (χ1n) is 6.37. The van der Waals surface area contributed by atoms with Crippen molar-refractivity contribution in [3.63, 3.8) is 0 Å². The molecule has 1 aliphatic rings. The molecule has 8 heteroatoms. The zero-order valence-electron chi connectivity index (χ0n) is 10.8. The van der Waals surface area contributed by atoms with Crippen LogP contribution in [0.15, 0.2) is 18.2 Å². The van der Waals surface area contributed by atoms with Gasteiger partial charge >= 0.3 is 5.97 Å². The van der Waals surface area contributed by atoms with E-state index in [0.717, 1.165) is 12.1 Å². The lowest BCUT2D eigenvalue weighted by Crippen LogP contribution is -2.28. The zero-order valence-corrected chi connectivity index (χ0v) is 10.8. The summed E-state index contributed by atoms with van der Waals surface area (Å²) in [6.45, 7) is 0. The molecule has 0 saturated heterocycles. The van der Waals surface area contributed by atoms with E-state index in [-0.39, 0.29) is 11.9 Å². The normalized spacial score (nSPS) is 21.0. The fraction of sp³-hybridized carbons (Fsp3) is 0.308. The Labute approximate surface area is 118 Å². The zero-order chi connectivity index (χ0) is 15.1. The van der Waals surface area contributed by atoms with Crippen molar-refractivity contribution < 1.29 is 18.7 Å². The van der Waals surface area contributed by atoms with Crippen molar-refractivity contribution in [2.45, 2.75) is 24.8 Å². The topological polar surface area (TPSA) is 94.0 Å². The van der Waals surface area contributed by atoms with E-state index in [4.69, 9.17) is 5.73 Å². The number of carbonyl (C=O) groups is 1. The summed E-state index contributed by atoms with van der Waals surface area (Å²) in [5.74, 6) is -2.95. The van der Waals surface area contributed by atoms with Gasteiger partial charge in [0.05, 0.1) is 0 Å². The Bertz CT molecular complexity index is 716. The van der Waals surface area contributed by atoms with E-state index in [1.807, 2.05) is 0 Å². The van der Waals surface area contributed by atoms with Crippen molar-refractivity contribution in [3.8, 4) is 0 Å². The highest BCUT2D eigenvalue weighted by Crippen LogP contribution is 2.37. The molecule has 0 bridgehead atoms. The van der Waals surface area contributed by atoms with Gasteiger partial charge < -0.3 is 10.8 Å². The van der Waals surface area contributed by atoms with Gasteiger partial charge in [0.2, 0.25) is 5.95 Å². The average molecular weight is 294 g/mol. The molecule has 0 fully saturated rings. The summed E-state index contributed by atoms with van der Waals surface area (Å²) in [7, 11) is 0. The van der Waals surface area contributed by atoms with Crippen LogP contribution in [0.25, 0.3) is 0 Å². The maximum atomic E-state index is 13.4. The largest absolute Gasteiger partial charge is 0.480 e. The number of carboxylic acids is 1. The minimum Gasteiger partial charge on any atom is -0.480 e. The Morgan fingerprint density at radius 2 is 2.10 bits per heavy atom. The molecule has 3 rings (SSSR count). The number of benzene rings is 1. The van der Waals surface area contributed by atoms with E-state index in [1.165, 1.54) is 10.7 Å². The van der Waals surface area contributed by atoms with E-state index in [9.17, 15) is 18.7 Å². The highest BCUT2D eigenvalue weighted by molar-refractivity contribution is 5.72. The van der Waals surface area contributed by atoms with Crippen LogP contribution in [-0.4, -0.2) is 25.8 Å². The summed E-state index contributed by atoms with van der Waals surface area (Å²) in [5, 5.41) is 13.1. The number of nitrogens with two attached hydrogens (primary N) is 1. The van der Waals surface area contributed by atoms with Crippen LogP contribution in [0.4, 0.5) is 14.7 Å². The van der Waals surface area contributed by atoms with Gasteiger partial charge in [-0.05, 0) is 30.5 Å². The maximum Gasteiger partial charge on any atom is 0.328 e. The standard InChI is InChI=1S/C13H12F2N4O2/c14-8-3-1-6(5-9(8)15)7-2-4-10(12(20)21)19-11(7)17-13(16)18-19/h1,3,5,7,10H,2,4H2,(H2,16,18)(H,20,21). The Kier molecular flexibility index (Phi) is 3.08. The number of nitrogens with zero attached hydrogens (tertiary/aromatic N) is 3. The van der Waals surface area contributed by atoms with Gasteiger partial charge in [0.1, 0.15) is 5.82 Å². The molecule has 0 aliphatic carbocycles. The molecular formula is C13H12F2N4O2. The van der Waals surface area contributed by atoms with E-state index in [0.29, 0.717) is 24.2 Å². The van der Waals surface area contributed by atoms with Gasteiger partial charge in [-0.3, -0.25) is 0 Å². The third-order valence-corrected chi connectivity index (χ3v) is 3.64. The van der Waals surface area contributed by atoms with E-state index >= 15 is 0 Å². The molecule has 2 heterocycles. The summed E-state index contributed by atoms with van der Waals surface area (Å²) in [5.41, 5.74) is 6.06. The Balaban J connectivity index is 2.06. The number of fused-ring (bicyclic) bond motifs is 1. The van der Waals surface area contributed by atoms with Gasteiger partial charge in [-0.2, -0.15) is 4.98 Å². The highest BCUT2D eigenvalue weighted by Gasteiger charge is 2.35. The molecule has 0 saturated carbocycles. The van der Waals surface area contributed by atoms with E-state index < -0.39 is 23.6 Å². The predicted molar refractivity (Wildman–Crippen MR) is 68.5 cm³/mol. The van der Waals surface area contributed by atoms with Crippen LogP contribution in [0.5, 0.6) is 0 Å². The van der Waals surface area contributed by atoms with Gasteiger partial charge in [0, 0.05) is 5.92 Å². The number of hydrogen-bond donors (Lipinski definition) is 2. The van der Waals surface area contributed by atoms with Crippen LogP contribution in [0, 0.1) is 11.6 Å². The summed E-state index contributed by atoms with van der Waals surface area (Å²) < 4.78 is 27.7. The Morgan fingerprint density at radius 1 is 1.33 bits per heavy atom. The third-order valence-electron chi connectivity index (χ3n) is 3.64. The van der Waals surface area contributed by atoms with Gasteiger partial charge in [-0.15, -0.1) is 5.10 Å². The molecule has 1 aromatic heterocycles. The van der Waals surface area contributed by atoms with Crippen LogP contribution in [-0.2, 0) is 4.79 Å². The minimum atomic E-state index is -1.02. The molecule has 0 radical (unpaired) electrons. The number of hydrogen-bond acceptors (Lipinski definition) is 4. The van der Waals surface area contributed by atoms with Crippen LogP contribution in [0.3, 0.4) is 0 Å². The number of anilines is 1. The summed E-state index contributed by atoms with van der Waals surface area (Å²) in [6, 6.07) is 2.75. The van der Waals surface area contributed by atoms with Crippen LogP contribution in [0.1, 0.15) is 36.2 Å². The quantitative estimate of drug-likeness (QED) is 0.879. The Hall–Kier alpha value is -2.51. The van der Waals surface area contributed by atoms with Crippen LogP contribution >= 0.6 is 0 Å². The van der Waals surface area contributed by atoms with Gasteiger partial charge in [-0.25, -0.2) is 18.3 Å². The number of nitrogen functional groups attached to an aromatic ring is 1. The number of aliphatic carboxylic acids is 1. The first-order chi connectivity index (χ1) is 9.97. The van der Waals surface area contributed by atoms with E-state index in [1.54, 1.807) is 0 Å². The van der Waals surface area contributed by atoms with Crippen LogP contribution in [0.2, 0.25) is 0 Å². The molecule has 0 spiro atoms. The molecule has 3 N–H and O–H groups in total. The summed E-state index contributed by atoms with van der Waals surface area (Å²) in [6.07, 6.45) is 0.759. The minimum absolute atomic E-state index is 0.0364. The number of rotatable bonds is 2. The summed E-state index contributed by atoms with van der Waals surface area (Å²) in [4.78, 5) is 15.3. The lowest BCUT2D eigenvalue weighted by molar-refractivity contribution is -0.141. The molecule has 2 unspecified atom stereocenters. The summed E-state index contributed by atoms with van der Waals surface area (Å²) >= 11 is 0. The van der Waals surface area contributed by atoms with Gasteiger partial charge in [0.25, 0.3) is 0 Å². The lowest BCUT2D eigenvalue weighted by Gasteiger charge is -2.26. The second kappa shape index (κ2) is 4.80. The molecule has 6 nitrogen and oxygen atoms in total. The smallest absolute Gasteiger partial charge is 0.328 e. The predicted octanol–water partition coefficient (Wildman–Crippen LogP) is 1.69. The van der Waals surface area contributed by atoms with Crippen molar-refractivity contribution in [1.82, 2.24) is 14.8 Å². The van der Waals surface area contributed by atoms with Crippen molar-refractivity contribution in [3.05, 3.63) is 41.2 Å². The number of aromatic nitrogens is 3. The number of carboxylic acid groups (broad SMARTS) is 1. The molecular weight excluding hydrogens is 282 g/mol. The molecule has 2 aromatic rings. The van der Waals surface area contributed by atoms with Crippen LogP contribution < -0.4 is 5.73 Å². The second-order valence-corrected chi connectivity index (χ2v) is 4.93. The molecule has 110 valence electrons. The van der Waals surface area contributed by atoms with Gasteiger partial charge in [-0.1, -0.05) is 6.07 Å². The second-order valence-electron chi connectivity index (χ2n) is 4.93. The first-order valence-corrected chi connectivity index (χ1v) is 6.37. The van der Waals surface area contributed by atoms with Gasteiger partial charge in [0.15, 0.2) is 17.7 Å². The van der Waals surface area contributed by atoms with Crippen molar-refractivity contribution in [2.75, 3.05) is 5.73 Å². The lowest BCUT2D eigenvalue weighted by atomic mass is 9.88. The van der Waals surface area contributed by atoms with Crippen molar-refractivity contribution in [2.24, 2.45) is 0 Å². The highest BCUT2D eigenvalue weighted by atomic mass is 19.2. The molecule has 0 amide bonds. The van der Waals surface area contributed by atoms with Crippen molar-refractivity contribution in [1.29, 1.82) is 0 Å². The third kappa shape index (κ3) is 2.22. The molecule has 1 aliphatic heterocycles. The fourth-order valence-corrected chi connectivity index (χ4v) is 2.67. The molecule has 2 atom stereocenters. The monoisotopic (exact) mass is 294 g/mol. The molecule has 1 aromatic carbocycles. The first kappa shape index (κ1) is 13.5. The van der Waals surface area contributed by atoms with E-state index in [2.05, 4.69) is 10.1 Å². The Morgan fingerprint density at radius 3 is 2.76 bits per heavy atom.